The molecule has 3 aromatic rings. The first kappa shape index (κ1) is 15.2. The van der Waals surface area contributed by atoms with Gasteiger partial charge in [0.15, 0.2) is 5.82 Å². The van der Waals surface area contributed by atoms with Gasteiger partial charge in [0.05, 0.1) is 11.4 Å². The van der Waals surface area contributed by atoms with Crippen molar-refractivity contribution in [1.82, 2.24) is 9.78 Å². The van der Waals surface area contributed by atoms with E-state index in [1.165, 1.54) is 12.1 Å². The van der Waals surface area contributed by atoms with E-state index in [0.717, 1.165) is 17.7 Å². The smallest absolute Gasteiger partial charge is 0.263 e. The third-order valence-corrected chi connectivity index (χ3v) is 4.56. The van der Waals surface area contributed by atoms with Gasteiger partial charge in [0.1, 0.15) is 5.82 Å². The number of sulfonamides is 1. The van der Waals surface area contributed by atoms with Crippen molar-refractivity contribution in [2.24, 2.45) is 0 Å². The average molecular weight is 331 g/mol. The molecule has 23 heavy (non-hydrogen) atoms. The molecule has 0 aliphatic carbocycles. The molecule has 0 unspecified atom stereocenters. The molecule has 5 nitrogen and oxygen atoms in total. The monoisotopic (exact) mass is 331 g/mol. The standard InChI is InChI=1S/C16H14FN3O2S/c17-14-6-8-15(9-7-14)23(21,22)19-16-10-11-20(18-16)12-13-4-2-1-3-5-13/h1-11H,12H2,(H,18,19). The molecule has 0 atom stereocenters. The van der Waals surface area contributed by atoms with Crippen LogP contribution in [-0.2, 0) is 16.6 Å². The second-order valence-electron chi connectivity index (χ2n) is 4.94. The van der Waals surface area contributed by atoms with Crippen LogP contribution in [-0.4, -0.2) is 18.2 Å². The number of benzene rings is 2. The first-order valence-corrected chi connectivity index (χ1v) is 8.37. The van der Waals surface area contributed by atoms with Gasteiger partial charge in [-0.1, -0.05) is 30.3 Å². The van der Waals surface area contributed by atoms with Gasteiger partial charge in [-0.05, 0) is 29.8 Å². The van der Waals surface area contributed by atoms with Gasteiger partial charge in [0.25, 0.3) is 10.0 Å². The van der Waals surface area contributed by atoms with Crippen LogP contribution in [0.25, 0.3) is 0 Å². The Hall–Kier alpha value is -2.67. The molecule has 1 aromatic heterocycles. The van der Waals surface area contributed by atoms with Crippen LogP contribution in [0.5, 0.6) is 0 Å². The highest BCUT2D eigenvalue weighted by Crippen LogP contribution is 2.15. The molecule has 118 valence electrons. The molecule has 3 rings (SSSR count). The summed E-state index contributed by atoms with van der Waals surface area (Å²) < 4.78 is 41.3. The van der Waals surface area contributed by atoms with Crippen molar-refractivity contribution in [3.05, 3.63) is 78.2 Å². The minimum atomic E-state index is -3.78. The molecule has 0 amide bonds. The van der Waals surface area contributed by atoms with Crippen molar-refractivity contribution in [3.63, 3.8) is 0 Å². The van der Waals surface area contributed by atoms with E-state index in [-0.39, 0.29) is 10.7 Å². The summed E-state index contributed by atoms with van der Waals surface area (Å²) in [5, 5.41) is 4.19. The van der Waals surface area contributed by atoms with Crippen molar-refractivity contribution in [1.29, 1.82) is 0 Å². The van der Waals surface area contributed by atoms with Crippen molar-refractivity contribution < 1.29 is 12.8 Å². The summed E-state index contributed by atoms with van der Waals surface area (Å²) in [5.74, 6) is -0.277. The molecule has 2 aromatic carbocycles. The number of hydrogen-bond acceptors (Lipinski definition) is 3. The van der Waals surface area contributed by atoms with Gasteiger partial charge < -0.3 is 0 Å². The highest BCUT2D eigenvalue weighted by atomic mass is 32.2. The molecule has 0 bridgehead atoms. The van der Waals surface area contributed by atoms with Gasteiger partial charge in [0.2, 0.25) is 0 Å². The van der Waals surface area contributed by atoms with E-state index in [0.29, 0.717) is 6.54 Å². The number of hydrogen-bond donors (Lipinski definition) is 1. The maximum atomic E-state index is 12.9. The molecule has 1 heterocycles. The van der Waals surface area contributed by atoms with Crippen LogP contribution < -0.4 is 4.72 Å². The molecule has 0 aliphatic heterocycles. The van der Waals surface area contributed by atoms with Crippen LogP contribution >= 0.6 is 0 Å². The fraction of sp³-hybridized carbons (Fsp3) is 0.0625. The van der Waals surface area contributed by atoms with Crippen LogP contribution in [0.2, 0.25) is 0 Å². The fourth-order valence-electron chi connectivity index (χ4n) is 2.08. The van der Waals surface area contributed by atoms with Crippen molar-refractivity contribution in [2.75, 3.05) is 4.72 Å². The Bertz CT molecular complexity index is 891. The zero-order chi connectivity index (χ0) is 16.3. The number of rotatable bonds is 5. The Balaban J connectivity index is 1.74. The molecule has 7 heteroatoms. The topological polar surface area (TPSA) is 64.0 Å². The van der Waals surface area contributed by atoms with Gasteiger partial charge in [-0.3, -0.25) is 9.40 Å². The highest BCUT2D eigenvalue weighted by molar-refractivity contribution is 7.92. The molecule has 0 fully saturated rings. The summed E-state index contributed by atoms with van der Waals surface area (Å²) in [6.45, 7) is 0.541. The van der Waals surface area contributed by atoms with Gasteiger partial charge in [-0.2, -0.15) is 5.10 Å². The number of nitrogens with one attached hydrogen (secondary N) is 1. The molecule has 0 saturated heterocycles. The van der Waals surface area contributed by atoms with Crippen LogP contribution in [0.15, 0.2) is 71.8 Å². The quantitative estimate of drug-likeness (QED) is 0.782. The van der Waals surface area contributed by atoms with E-state index in [4.69, 9.17) is 0 Å². The van der Waals surface area contributed by atoms with Crippen LogP contribution in [0.4, 0.5) is 10.2 Å². The first-order valence-electron chi connectivity index (χ1n) is 6.89. The SMILES string of the molecule is O=S(=O)(Nc1ccn(Cc2ccccc2)n1)c1ccc(F)cc1. The zero-order valence-corrected chi connectivity index (χ0v) is 12.9. The number of anilines is 1. The van der Waals surface area contributed by atoms with E-state index in [1.54, 1.807) is 16.9 Å². The second-order valence-corrected chi connectivity index (χ2v) is 6.63. The minimum Gasteiger partial charge on any atom is -0.266 e. The van der Waals surface area contributed by atoms with E-state index in [1.807, 2.05) is 30.3 Å². The lowest BCUT2D eigenvalue weighted by Crippen LogP contribution is -2.13. The summed E-state index contributed by atoms with van der Waals surface area (Å²) >= 11 is 0. The Morgan fingerprint density at radius 3 is 2.39 bits per heavy atom. The van der Waals surface area contributed by atoms with Crippen LogP contribution in [0.3, 0.4) is 0 Å². The van der Waals surface area contributed by atoms with Gasteiger partial charge >= 0.3 is 0 Å². The number of nitrogens with zero attached hydrogens (tertiary/aromatic N) is 2. The molecule has 0 spiro atoms. The lowest BCUT2D eigenvalue weighted by Gasteiger charge is -2.05. The summed E-state index contributed by atoms with van der Waals surface area (Å²) in [6.07, 6.45) is 1.69. The van der Waals surface area contributed by atoms with E-state index in [2.05, 4.69) is 9.82 Å². The summed E-state index contributed by atoms with van der Waals surface area (Å²) in [5.41, 5.74) is 1.06. The largest absolute Gasteiger partial charge is 0.266 e. The van der Waals surface area contributed by atoms with Crippen molar-refractivity contribution in [3.8, 4) is 0 Å². The minimum absolute atomic E-state index is 0.0171. The third kappa shape index (κ3) is 3.75. The van der Waals surface area contributed by atoms with Crippen molar-refractivity contribution >= 4 is 15.8 Å². The molecular weight excluding hydrogens is 317 g/mol. The predicted molar refractivity (Wildman–Crippen MR) is 85.0 cm³/mol. The highest BCUT2D eigenvalue weighted by Gasteiger charge is 2.15. The Kier molecular flexibility index (Phi) is 4.12. The lowest BCUT2D eigenvalue weighted by atomic mass is 10.2. The van der Waals surface area contributed by atoms with Gasteiger partial charge in [-0.15, -0.1) is 0 Å². The van der Waals surface area contributed by atoms with Crippen molar-refractivity contribution in [2.45, 2.75) is 11.4 Å². The zero-order valence-electron chi connectivity index (χ0n) is 12.1. The first-order chi connectivity index (χ1) is 11.0. The van der Waals surface area contributed by atoms with Gasteiger partial charge in [-0.25, -0.2) is 12.8 Å². The Morgan fingerprint density at radius 1 is 1.00 bits per heavy atom. The molecule has 0 saturated carbocycles. The maximum Gasteiger partial charge on any atom is 0.263 e. The van der Waals surface area contributed by atoms with E-state index in [9.17, 15) is 12.8 Å². The summed E-state index contributed by atoms with van der Waals surface area (Å²) in [6, 6.07) is 15.9. The van der Waals surface area contributed by atoms with Crippen LogP contribution in [0, 0.1) is 5.82 Å². The lowest BCUT2D eigenvalue weighted by molar-refractivity contribution is 0.599. The molecule has 0 aliphatic rings. The predicted octanol–water partition coefficient (Wildman–Crippen LogP) is 2.87. The molecule has 1 N–H and O–H groups in total. The fourth-order valence-corrected chi connectivity index (χ4v) is 3.08. The third-order valence-electron chi connectivity index (χ3n) is 3.19. The number of aromatic nitrogens is 2. The Labute approximate surface area is 133 Å². The van der Waals surface area contributed by atoms with E-state index >= 15 is 0 Å². The summed E-state index contributed by atoms with van der Waals surface area (Å²) in [7, 11) is -3.78. The number of halogens is 1. The average Bonchev–Trinajstić information content (AvgIpc) is 2.95. The normalized spacial score (nSPS) is 11.3. The molecular formula is C16H14FN3O2S. The van der Waals surface area contributed by atoms with E-state index < -0.39 is 15.8 Å². The maximum absolute atomic E-state index is 12.9. The second kappa shape index (κ2) is 6.21. The van der Waals surface area contributed by atoms with Gasteiger partial charge in [0, 0.05) is 12.3 Å². The Morgan fingerprint density at radius 2 is 1.70 bits per heavy atom. The van der Waals surface area contributed by atoms with Crippen LogP contribution in [0.1, 0.15) is 5.56 Å². The molecule has 0 radical (unpaired) electrons. The summed E-state index contributed by atoms with van der Waals surface area (Å²) in [4.78, 5) is -0.0171.